The van der Waals surface area contributed by atoms with E-state index in [0.717, 1.165) is 37.7 Å². The number of fused-ring (bicyclic) bond motifs is 1. The first kappa shape index (κ1) is 18.7. The normalized spacial score (nSPS) is 28.0. The fourth-order valence-electron chi connectivity index (χ4n) is 4.52. The average molecular weight is 358 g/mol. The van der Waals surface area contributed by atoms with Gasteiger partial charge in [0.05, 0.1) is 0 Å². The average Bonchev–Trinajstić information content (AvgIpc) is 2.60. The molecule has 3 rings (SSSR count). The van der Waals surface area contributed by atoms with E-state index < -0.39 is 0 Å². The summed E-state index contributed by atoms with van der Waals surface area (Å²) in [4.78, 5) is 24.2. The Morgan fingerprint density at radius 2 is 2.19 bits per heavy atom. The van der Waals surface area contributed by atoms with E-state index in [-0.39, 0.29) is 30.5 Å². The molecule has 2 aliphatic rings. The van der Waals surface area contributed by atoms with Crippen LogP contribution in [0.15, 0.2) is 24.3 Å². The molecule has 1 aliphatic heterocycles. The molecule has 1 aliphatic carbocycles. The first-order chi connectivity index (χ1) is 12.5. The maximum atomic E-state index is 12.2. The summed E-state index contributed by atoms with van der Waals surface area (Å²) < 4.78 is 5.58. The number of rotatable bonds is 6. The van der Waals surface area contributed by atoms with E-state index in [1.807, 2.05) is 31.2 Å². The first-order valence-corrected chi connectivity index (χ1v) is 9.83. The third-order valence-corrected chi connectivity index (χ3v) is 5.69. The van der Waals surface area contributed by atoms with Gasteiger partial charge in [0.15, 0.2) is 6.61 Å². The van der Waals surface area contributed by atoms with Gasteiger partial charge in [0.1, 0.15) is 5.75 Å². The van der Waals surface area contributed by atoms with Crippen LogP contribution in [0.5, 0.6) is 5.75 Å². The lowest BCUT2D eigenvalue weighted by Crippen LogP contribution is -2.55. The summed E-state index contributed by atoms with van der Waals surface area (Å²) in [6.45, 7) is 4.20. The Morgan fingerprint density at radius 3 is 2.96 bits per heavy atom. The third kappa shape index (κ3) is 4.77. The largest absolute Gasteiger partial charge is 0.484 e. The zero-order chi connectivity index (χ0) is 18.5. The maximum Gasteiger partial charge on any atom is 0.258 e. The first-order valence-electron chi connectivity index (χ1n) is 9.83. The van der Waals surface area contributed by atoms with E-state index in [1.165, 1.54) is 0 Å². The van der Waals surface area contributed by atoms with Crippen molar-refractivity contribution in [2.45, 2.75) is 64.5 Å². The fraction of sp³-hybridized carbons (Fsp3) is 0.619. The predicted octanol–water partition coefficient (Wildman–Crippen LogP) is 2.96. The Morgan fingerprint density at radius 1 is 1.35 bits per heavy atom. The molecule has 4 atom stereocenters. The molecule has 2 N–H and O–H groups in total. The third-order valence-electron chi connectivity index (χ3n) is 5.69. The van der Waals surface area contributed by atoms with Crippen LogP contribution >= 0.6 is 0 Å². The summed E-state index contributed by atoms with van der Waals surface area (Å²) in [7, 11) is 0. The molecule has 2 fully saturated rings. The smallest absolute Gasteiger partial charge is 0.258 e. The van der Waals surface area contributed by atoms with Crippen LogP contribution in [0.25, 0.3) is 0 Å². The van der Waals surface area contributed by atoms with Crippen molar-refractivity contribution in [3.63, 3.8) is 0 Å². The van der Waals surface area contributed by atoms with Crippen LogP contribution in [-0.4, -0.2) is 30.5 Å². The van der Waals surface area contributed by atoms with Gasteiger partial charge in [-0.25, -0.2) is 0 Å². The summed E-state index contributed by atoms with van der Waals surface area (Å²) in [5, 5.41) is 6.24. The van der Waals surface area contributed by atoms with Crippen molar-refractivity contribution in [1.82, 2.24) is 10.6 Å². The van der Waals surface area contributed by atoms with Crippen molar-refractivity contribution in [2.24, 2.45) is 11.8 Å². The molecular formula is C21H30N2O3. The molecule has 5 nitrogen and oxygen atoms in total. The molecule has 1 heterocycles. The summed E-state index contributed by atoms with van der Waals surface area (Å²) in [5.41, 5.74) is 1.11. The van der Waals surface area contributed by atoms with Gasteiger partial charge in [-0.2, -0.15) is 0 Å². The predicted molar refractivity (Wildman–Crippen MR) is 101 cm³/mol. The van der Waals surface area contributed by atoms with Gasteiger partial charge in [-0.1, -0.05) is 25.5 Å². The Bertz CT molecular complexity index is 646. The number of hydrogen-bond acceptors (Lipinski definition) is 3. The van der Waals surface area contributed by atoms with Crippen molar-refractivity contribution in [3.8, 4) is 5.75 Å². The highest BCUT2D eigenvalue weighted by molar-refractivity contribution is 5.78. The summed E-state index contributed by atoms with van der Waals surface area (Å²) in [5.74, 6) is 1.84. The van der Waals surface area contributed by atoms with Gasteiger partial charge in [-0.15, -0.1) is 0 Å². The quantitative estimate of drug-likeness (QED) is 0.821. The summed E-state index contributed by atoms with van der Waals surface area (Å²) >= 11 is 0. The number of amides is 2. The lowest BCUT2D eigenvalue weighted by molar-refractivity contribution is -0.127. The lowest BCUT2D eigenvalue weighted by atomic mass is 9.70. The molecule has 0 aromatic heterocycles. The fourth-order valence-corrected chi connectivity index (χ4v) is 4.52. The van der Waals surface area contributed by atoms with Crippen LogP contribution in [0.4, 0.5) is 0 Å². The molecule has 1 saturated carbocycles. The number of piperidine rings is 1. The SMILES string of the molecule is CCCC1CC(=O)NC2CC(NC(=O)COc3cccc(C)c3)CCC12. The minimum absolute atomic E-state index is 0.0267. The van der Waals surface area contributed by atoms with Crippen molar-refractivity contribution < 1.29 is 14.3 Å². The molecule has 0 bridgehead atoms. The number of ether oxygens (including phenoxy) is 1. The van der Waals surface area contributed by atoms with Crippen LogP contribution in [0.1, 0.15) is 51.0 Å². The van der Waals surface area contributed by atoms with E-state index in [4.69, 9.17) is 4.74 Å². The Balaban J connectivity index is 1.49. The number of carbonyl (C=O) groups excluding carboxylic acids is 2. The molecule has 0 radical (unpaired) electrons. The van der Waals surface area contributed by atoms with Gasteiger partial charge >= 0.3 is 0 Å². The molecule has 26 heavy (non-hydrogen) atoms. The van der Waals surface area contributed by atoms with Gasteiger partial charge in [0, 0.05) is 18.5 Å². The van der Waals surface area contributed by atoms with Crippen LogP contribution in [0, 0.1) is 18.8 Å². The van der Waals surface area contributed by atoms with Crippen molar-refractivity contribution in [1.29, 1.82) is 0 Å². The molecule has 1 aromatic carbocycles. The minimum atomic E-state index is -0.0952. The monoisotopic (exact) mass is 358 g/mol. The van der Waals surface area contributed by atoms with Gasteiger partial charge in [0.25, 0.3) is 5.91 Å². The number of carbonyl (C=O) groups is 2. The van der Waals surface area contributed by atoms with E-state index in [1.54, 1.807) is 0 Å². The van der Waals surface area contributed by atoms with Gasteiger partial charge in [-0.3, -0.25) is 9.59 Å². The zero-order valence-corrected chi connectivity index (χ0v) is 15.8. The van der Waals surface area contributed by atoms with Crippen molar-refractivity contribution in [3.05, 3.63) is 29.8 Å². The van der Waals surface area contributed by atoms with Crippen LogP contribution in [-0.2, 0) is 9.59 Å². The number of hydrogen-bond donors (Lipinski definition) is 2. The van der Waals surface area contributed by atoms with Gasteiger partial charge in [-0.05, 0) is 62.1 Å². The molecule has 5 heteroatoms. The van der Waals surface area contributed by atoms with E-state index in [0.29, 0.717) is 24.0 Å². The number of nitrogens with one attached hydrogen (secondary N) is 2. The molecule has 4 unspecified atom stereocenters. The van der Waals surface area contributed by atoms with Crippen LogP contribution in [0.2, 0.25) is 0 Å². The highest BCUT2D eigenvalue weighted by Gasteiger charge is 2.40. The Kier molecular flexibility index (Phi) is 6.17. The second-order valence-electron chi connectivity index (χ2n) is 7.77. The van der Waals surface area contributed by atoms with E-state index in [9.17, 15) is 9.59 Å². The van der Waals surface area contributed by atoms with Gasteiger partial charge < -0.3 is 15.4 Å². The topological polar surface area (TPSA) is 67.4 Å². The lowest BCUT2D eigenvalue weighted by Gasteiger charge is -2.44. The van der Waals surface area contributed by atoms with E-state index >= 15 is 0 Å². The summed E-state index contributed by atoms with van der Waals surface area (Å²) in [6.07, 6.45) is 5.78. The minimum Gasteiger partial charge on any atom is -0.484 e. The molecule has 0 spiro atoms. The standard InChI is InChI=1S/C21H30N2O3/c1-3-5-15-11-20(24)23-19-12-16(8-9-18(15)19)22-21(25)13-26-17-7-4-6-14(2)10-17/h4,6-7,10,15-16,18-19H,3,5,8-9,11-13H2,1-2H3,(H,22,25)(H,23,24). The zero-order valence-electron chi connectivity index (χ0n) is 15.8. The number of aryl methyl sites for hydroxylation is 1. The summed E-state index contributed by atoms with van der Waals surface area (Å²) in [6, 6.07) is 8.01. The maximum absolute atomic E-state index is 12.2. The molecular weight excluding hydrogens is 328 g/mol. The molecule has 142 valence electrons. The molecule has 2 amide bonds. The highest BCUT2D eigenvalue weighted by atomic mass is 16.5. The van der Waals surface area contributed by atoms with Gasteiger partial charge in [0.2, 0.25) is 5.91 Å². The second-order valence-corrected chi connectivity index (χ2v) is 7.77. The molecule has 1 saturated heterocycles. The van der Waals surface area contributed by atoms with Crippen LogP contribution < -0.4 is 15.4 Å². The highest BCUT2D eigenvalue weighted by Crippen LogP contribution is 2.37. The van der Waals surface area contributed by atoms with Crippen molar-refractivity contribution in [2.75, 3.05) is 6.61 Å². The number of benzene rings is 1. The second kappa shape index (κ2) is 8.56. The Hall–Kier alpha value is -2.04. The molecule has 1 aromatic rings. The van der Waals surface area contributed by atoms with Crippen LogP contribution in [0.3, 0.4) is 0 Å². The van der Waals surface area contributed by atoms with Crippen molar-refractivity contribution >= 4 is 11.8 Å². The Labute approximate surface area is 155 Å². The van der Waals surface area contributed by atoms with E-state index in [2.05, 4.69) is 17.6 Å².